The molecule has 0 saturated heterocycles. The second-order valence-electron chi connectivity index (χ2n) is 11.3. The van der Waals surface area contributed by atoms with Gasteiger partial charge in [0, 0.05) is 16.3 Å². The fourth-order valence-electron chi connectivity index (χ4n) is 6.68. The van der Waals surface area contributed by atoms with Crippen LogP contribution in [-0.2, 0) is 0 Å². The zero-order valence-corrected chi connectivity index (χ0v) is 24.5. The monoisotopic (exact) mass is 562 g/mol. The second kappa shape index (κ2) is 10.6. The standard InChI is InChI=1S/C40H24O.C3H6/c1-2-12-33-32(11-1)35-15-6-10-29-23-30(24-37(33)39(29)35)26-20-18-25(19-21-26)27-8-5-9-28(22-27)31-14-7-16-36-34-13-3-4-17-38(34)41-40(31)36;1-3-2/h1-24H;3H,1H2,2H3. The molecule has 1 aromatic heterocycles. The van der Waals surface area contributed by atoms with Crippen molar-refractivity contribution in [3.05, 3.63) is 158 Å². The summed E-state index contributed by atoms with van der Waals surface area (Å²) in [5.41, 5.74) is 14.3. The van der Waals surface area contributed by atoms with Gasteiger partial charge in [0.25, 0.3) is 0 Å². The number of allylic oxidation sites excluding steroid dienone is 1. The SMILES string of the molecule is C=CC.c1cc(-c2ccc(-c3cc4c5c(cccc5c3)-c3ccccc3-4)cc2)cc(-c2cccc3c2oc2ccccc23)c1. The van der Waals surface area contributed by atoms with E-state index >= 15 is 0 Å². The van der Waals surface area contributed by atoms with E-state index in [0.29, 0.717) is 0 Å². The molecule has 1 heterocycles. The van der Waals surface area contributed by atoms with Crippen molar-refractivity contribution in [2.45, 2.75) is 6.92 Å². The summed E-state index contributed by atoms with van der Waals surface area (Å²) in [6.45, 7) is 5.25. The molecular weight excluding hydrogens is 532 g/mol. The predicted molar refractivity (Wildman–Crippen MR) is 188 cm³/mol. The van der Waals surface area contributed by atoms with Crippen molar-refractivity contribution >= 4 is 32.7 Å². The molecule has 9 rings (SSSR count). The molecule has 1 nitrogen and oxygen atoms in total. The van der Waals surface area contributed by atoms with E-state index in [-0.39, 0.29) is 0 Å². The van der Waals surface area contributed by atoms with Crippen molar-refractivity contribution < 1.29 is 4.42 Å². The molecule has 0 spiro atoms. The summed E-state index contributed by atoms with van der Waals surface area (Å²) in [5.74, 6) is 0. The van der Waals surface area contributed by atoms with E-state index in [1.54, 1.807) is 6.08 Å². The summed E-state index contributed by atoms with van der Waals surface area (Å²) in [6, 6.07) is 52.5. The molecule has 0 radical (unpaired) electrons. The van der Waals surface area contributed by atoms with Crippen molar-refractivity contribution in [1.29, 1.82) is 0 Å². The molecule has 1 aliphatic carbocycles. The van der Waals surface area contributed by atoms with Crippen LogP contribution >= 0.6 is 0 Å². The summed E-state index contributed by atoms with van der Waals surface area (Å²) in [5, 5.41) is 4.97. The normalized spacial score (nSPS) is 11.4. The van der Waals surface area contributed by atoms with Gasteiger partial charge >= 0.3 is 0 Å². The maximum Gasteiger partial charge on any atom is 0.143 e. The summed E-state index contributed by atoms with van der Waals surface area (Å²) in [6.07, 6.45) is 1.75. The Labute approximate surface area is 257 Å². The third-order valence-electron chi connectivity index (χ3n) is 8.61. The minimum atomic E-state index is 0.925. The molecule has 0 unspecified atom stereocenters. The second-order valence-corrected chi connectivity index (χ2v) is 11.3. The van der Waals surface area contributed by atoms with Crippen molar-refractivity contribution in [2.75, 3.05) is 0 Å². The molecule has 8 aromatic rings. The van der Waals surface area contributed by atoms with Gasteiger partial charge in [-0.25, -0.2) is 0 Å². The number of hydrogen-bond acceptors (Lipinski definition) is 1. The Kier molecular flexibility index (Phi) is 6.24. The molecule has 0 aliphatic heterocycles. The average Bonchev–Trinajstić information content (AvgIpc) is 3.62. The largest absolute Gasteiger partial charge is 0.455 e. The topological polar surface area (TPSA) is 13.1 Å². The zero-order chi connectivity index (χ0) is 29.6. The van der Waals surface area contributed by atoms with Gasteiger partial charge in [-0.1, -0.05) is 127 Å². The van der Waals surface area contributed by atoms with Crippen molar-refractivity contribution in [1.82, 2.24) is 0 Å². The fourth-order valence-corrected chi connectivity index (χ4v) is 6.68. The van der Waals surface area contributed by atoms with Crippen LogP contribution in [-0.4, -0.2) is 0 Å². The number of benzene rings is 7. The van der Waals surface area contributed by atoms with E-state index in [1.165, 1.54) is 55.3 Å². The van der Waals surface area contributed by atoms with Gasteiger partial charge in [0.05, 0.1) is 0 Å². The molecule has 7 aromatic carbocycles. The highest BCUT2D eigenvalue weighted by molar-refractivity contribution is 6.16. The lowest BCUT2D eigenvalue weighted by Crippen LogP contribution is -1.84. The van der Waals surface area contributed by atoms with Crippen molar-refractivity contribution in [3.8, 4) is 55.6 Å². The van der Waals surface area contributed by atoms with Crippen molar-refractivity contribution in [3.63, 3.8) is 0 Å². The molecule has 0 amide bonds. The zero-order valence-electron chi connectivity index (χ0n) is 24.5. The highest BCUT2D eigenvalue weighted by atomic mass is 16.3. The van der Waals surface area contributed by atoms with Gasteiger partial charge in [-0.15, -0.1) is 6.58 Å². The van der Waals surface area contributed by atoms with Gasteiger partial charge in [0.1, 0.15) is 11.2 Å². The molecule has 208 valence electrons. The Morgan fingerprint density at radius 2 is 1.05 bits per heavy atom. The Morgan fingerprint density at radius 3 is 1.86 bits per heavy atom. The molecule has 0 saturated carbocycles. The van der Waals surface area contributed by atoms with Crippen LogP contribution in [0.1, 0.15) is 6.92 Å². The highest BCUT2D eigenvalue weighted by Crippen LogP contribution is 2.48. The molecular formula is C43H30O. The van der Waals surface area contributed by atoms with E-state index in [2.05, 4.69) is 140 Å². The molecule has 0 N–H and O–H groups in total. The third kappa shape index (κ3) is 4.17. The smallest absolute Gasteiger partial charge is 0.143 e. The Hall–Kier alpha value is -5.66. The van der Waals surface area contributed by atoms with Crippen LogP contribution < -0.4 is 0 Å². The van der Waals surface area contributed by atoms with Crippen LogP contribution in [0, 0.1) is 0 Å². The van der Waals surface area contributed by atoms with Crippen LogP contribution in [0.5, 0.6) is 0 Å². The van der Waals surface area contributed by atoms with Crippen LogP contribution in [0.3, 0.4) is 0 Å². The molecule has 44 heavy (non-hydrogen) atoms. The van der Waals surface area contributed by atoms with Gasteiger partial charge in [-0.3, -0.25) is 0 Å². The van der Waals surface area contributed by atoms with E-state index < -0.39 is 0 Å². The van der Waals surface area contributed by atoms with Crippen LogP contribution in [0.4, 0.5) is 0 Å². The van der Waals surface area contributed by atoms with E-state index in [9.17, 15) is 0 Å². The number of furan rings is 1. The molecule has 0 fully saturated rings. The first kappa shape index (κ1) is 26.0. The van der Waals surface area contributed by atoms with E-state index in [4.69, 9.17) is 4.42 Å². The van der Waals surface area contributed by atoms with Crippen LogP contribution in [0.15, 0.2) is 163 Å². The Balaban J connectivity index is 0.000000928. The van der Waals surface area contributed by atoms with E-state index in [1.807, 2.05) is 19.1 Å². The predicted octanol–water partition coefficient (Wildman–Crippen LogP) is 12.6. The summed E-state index contributed by atoms with van der Waals surface area (Å²) < 4.78 is 6.32. The maximum absolute atomic E-state index is 6.32. The van der Waals surface area contributed by atoms with Gasteiger partial charge < -0.3 is 4.42 Å². The first-order valence-corrected chi connectivity index (χ1v) is 15.1. The highest BCUT2D eigenvalue weighted by Gasteiger charge is 2.21. The molecule has 1 aliphatic rings. The molecule has 0 atom stereocenters. The number of hydrogen-bond donors (Lipinski definition) is 0. The number of para-hydroxylation sites is 2. The summed E-state index contributed by atoms with van der Waals surface area (Å²) in [7, 11) is 0. The van der Waals surface area contributed by atoms with Crippen LogP contribution in [0.2, 0.25) is 0 Å². The fraction of sp³-hybridized carbons (Fsp3) is 0.0233. The summed E-state index contributed by atoms with van der Waals surface area (Å²) in [4.78, 5) is 0. The Bertz CT molecular complexity index is 2350. The third-order valence-corrected chi connectivity index (χ3v) is 8.61. The van der Waals surface area contributed by atoms with Gasteiger partial charge in [0.15, 0.2) is 0 Å². The lowest BCUT2D eigenvalue weighted by atomic mass is 9.94. The minimum absolute atomic E-state index is 0.925. The van der Waals surface area contributed by atoms with Gasteiger partial charge in [-0.2, -0.15) is 0 Å². The average molecular weight is 563 g/mol. The molecule has 0 bridgehead atoms. The molecule has 1 heteroatoms. The lowest BCUT2D eigenvalue weighted by molar-refractivity contribution is 0.670. The van der Waals surface area contributed by atoms with Crippen molar-refractivity contribution in [2.24, 2.45) is 0 Å². The van der Waals surface area contributed by atoms with Crippen LogP contribution in [0.25, 0.3) is 88.3 Å². The van der Waals surface area contributed by atoms with Gasteiger partial charge in [0.2, 0.25) is 0 Å². The van der Waals surface area contributed by atoms with E-state index in [0.717, 1.165) is 33.1 Å². The first-order valence-electron chi connectivity index (χ1n) is 15.1. The minimum Gasteiger partial charge on any atom is -0.455 e. The first-order chi connectivity index (χ1) is 21.7. The Morgan fingerprint density at radius 1 is 0.455 bits per heavy atom. The number of fused-ring (bicyclic) bond motifs is 6. The quantitative estimate of drug-likeness (QED) is 0.195. The number of rotatable bonds is 3. The maximum atomic E-state index is 6.32. The summed E-state index contributed by atoms with van der Waals surface area (Å²) >= 11 is 0. The van der Waals surface area contributed by atoms with Gasteiger partial charge in [-0.05, 0) is 92.0 Å². The lowest BCUT2D eigenvalue weighted by Gasteiger charge is -2.10.